The first-order chi connectivity index (χ1) is 17.6. The zero-order valence-electron chi connectivity index (χ0n) is 20.4. The van der Waals surface area contributed by atoms with E-state index < -0.39 is 0 Å². The van der Waals surface area contributed by atoms with Crippen molar-refractivity contribution in [3.8, 4) is 17.2 Å². The molecule has 0 aliphatic heterocycles. The number of hydrogen-bond donors (Lipinski definition) is 2. The summed E-state index contributed by atoms with van der Waals surface area (Å²) in [4.78, 5) is 22.0. The summed E-state index contributed by atoms with van der Waals surface area (Å²) in [6.07, 6.45) is 2.06. The molecule has 0 unspecified atom stereocenters. The van der Waals surface area contributed by atoms with Gasteiger partial charge in [0.05, 0.1) is 12.3 Å². The Kier molecular flexibility index (Phi) is 8.51. The van der Waals surface area contributed by atoms with Gasteiger partial charge in [-0.3, -0.25) is 15.1 Å². The first-order valence-electron chi connectivity index (χ1n) is 11.7. The maximum absolute atomic E-state index is 11.7. The van der Waals surface area contributed by atoms with Gasteiger partial charge in [-0.1, -0.05) is 60.7 Å². The molecule has 0 aliphatic rings. The lowest BCUT2D eigenvalue weighted by molar-refractivity contribution is -0.119. The van der Waals surface area contributed by atoms with Crippen LogP contribution in [0.1, 0.15) is 29.0 Å². The van der Waals surface area contributed by atoms with Gasteiger partial charge in [0.15, 0.2) is 0 Å². The summed E-state index contributed by atoms with van der Waals surface area (Å²) in [7, 11) is 1.62. The van der Waals surface area contributed by atoms with Gasteiger partial charge in [0, 0.05) is 19.0 Å². The molecule has 184 valence electrons. The molecule has 2 N–H and O–H groups in total. The van der Waals surface area contributed by atoms with Gasteiger partial charge >= 0.3 is 0 Å². The summed E-state index contributed by atoms with van der Waals surface area (Å²) in [5.41, 5.74) is 7.32. The molecule has 0 bridgehead atoms. The second-order valence-electron chi connectivity index (χ2n) is 8.07. The number of carbonyl (C=O) groups excluding carboxylic acids is 1. The molecule has 4 rings (SSSR count). The zero-order valence-corrected chi connectivity index (χ0v) is 20.4. The zero-order chi connectivity index (χ0) is 25.2. The number of carbonyl (C=O) groups is 1. The predicted molar refractivity (Wildman–Crippen MR) is 138 cm³/mol. The van der Waals surface area contributed by atoms with Crippen molar-refractivity contribution in [1.82, 2.24) is 15.8 Å². The van der Waals surface area contributed by atoms with Crippen molar-refractivity contribution in [1.29, 1.82) is 0 Å². The molecule has 0 saturated heterocycles. The smallest absolute Gasteiger partial charge is 0.226 e. The van der Waals surface area contributed by atoms with E-state index in [1.165, 1.54) is 0 Å². The number of rotatable bonds is 11. The summed E-state index contributed by atoms with van der Waals surface area (Å²) in [6, 6.07) is 27.2. The Hall–Kier alpha value is -4.36. The van der Waals surface area contributed by atoms with E-state index in [1.807, 2.05) is 91.9 Å². The molecular formula is C29H29N3O4. The Bertz CT molecular complexity index is 1280. The Labute approximate surface area is 210 Å². The first kappa shape index (κ1) is 24.8. The molecule has 0 spiro atoms. The van der Waals surface area contributed by atoms with Crippen molar-refractivity contribution >= 4 is 11.6 Å². The van der Waals surface area contributed by atoms with Gasteiger partial charge in [-0.25, -0.2) is 4.98 Å². The highest BCUT2D eigenvalue weighted by molar-refractivity contribution is 5.79. The highest BCUT2D eigenvalue weighted by Crippen LogP contribution is 2.23. The minimum atomic E-state index is -0.0714. The van der Waals surface area contributed by atoms with Gasteiger partial charge in [0.1, 0.15) is 23.8 Å². The van der Waals surface area contributed by atoms with E-state index >= 15 is 0 Å². The molecule has 0 saturated carbocycles. The van der Waals surface area contributed by atoms with Crippen LogP contribution in [0.3, 0.4) is 0 Å². The topological polar surface area (TPSA) is 85.6 Å². The van der Waals surface area contributed by atoms with Gasteiger partial charge in [-0.05, 0) is 48.4 Å². The summed E-state index contributed by atoms with van der Waals surface area (Å²) >= 11 is 0. The molecule has 7 heteroatoms. The third kappa shape index (κ3) is 6.84. The van der Waals surface area contributed by atoms with E-state index in [4.69, 9.17) is 14.0 Å². The van der Waals surface area contributed by atoms with Crippen LogP contribution < -0.4 is 15.5 Å². The standard InChI is InChI=1S/C29H29N3O4/c1-21-27(31-29(36-21)24-11-7-4-8-12-24)20-34-25-15-13-22(14-16-25)19-35-32-26(17-18-28(33)30-2)23-9-5-3-6-10-23/h3-17,32H,18-20H2,1-2H3,(H,30,33). The Morgan fingerprint density at radius 1 is 0.944 bits per heavy atom. The van der Waals surface area contributed by atoms with Crippen LogP contribution in [0.2, 0.25) is 0 Å². The van der Waals surface area contributed by atoms with Gasteiger partial charge in [0.25, 0.3) is 0 Å². The van der Waals surface area contributed by atoms with E-state index in [9.17, 15) is 4.79 Å². The lowest BCUT2D eigenvalue weighted by atomic mass is 10.1. The van der Waals surface area contributed by atoms with Crippen LogP contribution >= 0.6 is 0 Å². The molecule has 4 aromatic rings. The number of aromatic nitrogens is 1. The molecule has 1 amide bonds. The van der Waals surface area contributed by atoms with Crippen LogP contribution in [0.4, 0.5) is 0 Å². The monoisotopic (exact) mass is 483 g/mol. The Balaban J connectivity index is 1.30. The lowest BCUT2D eigenvalue weighted by Crippen LogP contribution is -2.18. The van der Waals surface area contributed by atoms with Crippen LogP contribution in [-0.4, -0.2) is 17.9 Å². The fourth-order valence-corrected chi connectivity index (χ4v) is 3.43. The summed E-state index contributed by atoms with van der Waals surface area (Å²) in [6.45, 7) is 2.54. The maximum Gasteiger partial charge on any atom is 0.226 e. The lowest BCUT2D eigenvalue weighted by Gasteiger charge is -2.12. The molecule has 36 heavy (non-hydrogen) atoms. The molecule has 0 radical (unpaired) electrons. The molecule has 0 aliphatic carbocycles. The summed E-state index contributed by atoms with van der Waals surface area (Å²) in [5, 5.41) is 2.62. The largest absolute Gasteiger partial charge is 0.487 e. The van der Waals surface area contributed by atoms with Gasteiger partial charge in [-0.2, -0.15) is 0 Å². The second-order valence-corrected chi connectivity index (χ2v) is 8.07. The quantitative estimate of drug-likeness (QED) is 0.277. The predicted octanol–water partition coefficient (Wildman–Crippen LogP) is 5.43. The normalized spacial score (nSPS) is 11.2. The first-order valence-corrected chi connectivity index (χ1v) is 11.7. The third-order valence-electron chi connectivity index (χ3n) is 5.49. The fourth-order valence-electron chi connectivity index (χ4n) is 3.43. The summed E-state index contributed by atoms with van der Waals surface area (Å²) < 4.78 is 11.7. The molecule has 7 nitrogen and oxygen atoms in total. The fraction of sp³-hybridized carbons (Fsp3) is 0.172. The number of oxazole rings is 1. The molecule has 0 atom stereocenters. The van der Waals surface area contributed by atoms with Crippen LogP contribution in [-0.2, 0) is 22.8 Å². The van der Waals surface area contributed by atoms with Crippen molar-refractivity contribution in [2.75, 3.05) is 7.05 Å². The number of benzene rings is 3. The highest BCUT2D eigenvalue weighted by Gasteiger charge is 2.12. The average molecular weight is 484 g/mol. The van der Waals surface area contributed by atoms with Gasteiger partial charge in [-0.15, -0.1) is 0 Å². The van der Waals surface area contributed by atoms with E-state index in [0.717, 1.165) is 39.6 Å². The second kappa shape index (κ2) is 12.4. The number of ether oxygens (including phenoxy) is 1. The third-order valence-corrected chi connectivity index (χ3v) is 5.49. The maximum atomic E-state index is 11.7. The van der Waals surface area contributed by atoms with E-state index in [2.05, 4.69) is 15.8 Å². The van der Waals surface area contributed by atoms with Crippen molar-refractivity contribution in [3.63, 3.8) is 0 Å². The van der Waals surface area contributed by atoms with Crippen molar-refractivity contribution < 1.29 is 18.8 Å². The number of nitrogens with one attached hydrogen (secondary N) is 2. The SMILES string of the molecule is CNC(=O)CC=C(NOCc1ccc(OCc2nc(-c3ccccc3)oc2C)cc1)c1ccccc1. The van der Waals surface area contributed by atoms with Crippen LogP contribution in [0.5, 0.6) is 5.75 Å². The molecule has 1 aromatic heterocycles. The van der Waals surface area contributed by atoms with Gasteiger partial charge in [0.2, 0.25) is 11.8 Å². The molecule has 3 aromatic carbocycles. The number of amides is 1. The van der Waals surface area contributed by atoms with Gasteiger partial charge < -0.3 is 14.5 Å². The number of nitrogens with zero attached hydrogens (tertiary/aromatic N) is 1. The van der Waals surface area contributed by atoms with Crippen LogP contribution in [0, 0.1) is 6.92 Å². The highest BCUT2D eigenvalue weighted by atomic mass is 16.6. The number of hydrogen-bond acceptors (Lipinski definition) is 6. The minimum Gasteiger partial charge on any atom is -0.487 e. The van der Waals surface area contributed by atoms with Crippen molar-refractivity contribution in [3.05, 3.63) is 114 Å². The van der Waals surface area contributed by atoms with E-state index in [1.54, 1.807) is 13.1 Å². The van der Waals surface area contributed by atoms with Crippen molar-refractivity contribution in [2.24, 2.45) is 0 Å². The van der Waals surface area contributed by atoms with Crippen molar-refractivity contribution in [2.45, 2.75) is 26.6 Å². The molecule has 0 fully saturated rings. The average Bonchev–Trinajstić information content (AvgIpc) is 3.31. The Morgan fingerprint density at radius 2 is 1.64 bits per heavy atom. The molecule has 1 heterocycles. The minimum absolute atomic E-state index is 0.0714. The summed E-state index contributed by atoms with van der Waals surface area (Å²) in [5.74, 6) is 1.98. The van der Waals surface area contributed by atoms with Crippen LogP contribution in [0.15, 0.2) is 95.4 Å². The number of aryl methyl sites for hydroxylation is 1. The van der Waals surface area contributed by atoms with E-state index in [0.29, 0.717) is 19.1 Å². The van der Waals surface area contributed by atoms with Crippen LogP contribution in [0.25, 0.3) is 17.2 Å². The number of hydroxylamine groups is 1. The molecular weight excluding hydrogens is 454 g/mol. The van der Waals surface area contributed by atoms with E-state index in [-0.39, 0.29) is 12.3 Å². The Morgan fingerprint density at radius 3 is 2.33 bits per heavy atom.